The molecule has 1 aliphatic rings. The number of imide groups is 1. The summed E-state index contributed by atoms with van der Waals surface area (Å²) < 4.78 is 0. The maximum absolute atomic E-state index is 12.5. The van der Waals surface area contributed by atoms with Gasteiger partial charge in [-0.2, -0.15) is 0 Å². The second-order valence-corrected chi connectivity index (χ2v) is 6.69. The molecule has 124 valence electrons. The molecule has 6 nitrogen and oxygen atoms in total. The smallest absolute Gasteiger partial charge is 0.323 e. The summed E-state index contributed by atoms with van der Waals surface area (Å²) in [7, 11) is 0. The zero-order valence-electron chi connectivity index (χ0n) is 13.4. The summed E-state index contributed by atoms with van der Waals surface area (Å²) in [5.74, 6) is -0.623. The van der Waals surface area contributed by atoms with E-state index in [2.05, 4.69) is 10.6 Å². The topological polar surface area (TPSA) is 78.5 Å². The van der Waals surface area contributed by atoms with Crippen LogP contribution in [0.5, 0.6) is 0 Å². The molecule has 0 unspecified atom stereocenters. The van der Waals surface area contributed by atoms with Crippen molar-refractivity contribution in [2.75, 3.05) is 11.9 Å². The summed E-state index contributed by atoms with van der Waals surface area (Å²) in [4.78, 5) is 37.5. The molecule has 0 aromatic heterocycles. The van der Waals surface area contributed by atoms with Gasteiger partial charge in [0.25, 0.3) is 5.91 Å². The SMILES string of the molecule is CC(C)C[C@@]1(C)NC(=O)N(CC(=O)Nc2ccccc2Cl)C1=O. The molecule has 1 aromatic carbocycles. The van der Waals surface area contributed by atoms with E-state index < -0.39 is 17.5 Å². The average Bonchev–Trinajstić information content (AvgIpc) is 2.64. The molecule has 1 saturated heterocycles. The summed E-state index contributed by atoms with van der Waals surface area (Å²) in [5.41, 5.74) is -0.521. The van der Waals surface area contributed by atoms with Crippen LogP contribution < -0.4 is 10.6 Å². The lowest BCUT2D eigenvalue weighted by Gasteiger charge is -2.23. The van der Waals surface area contributed by atoms with Gasteiger partial charge >= 0.3 is 6.03 Å². The van der Waals surface area contributed by atoms with Crippen molar-refractivity contribution < 1.29 is 14.4 Å². The Labute approximate surface area is 140 Å². The quantitative estimate of drug-likeness (QED) is 0.811. The molecule has 1 fully saturated rings. The molecule has 2 rings (SSSR count). The summed E-state index contributed by atoms with van der Waals surface area (Å²) in [6.45, 7) is 5.28. The number of rotatable bonds is 5. The molecular weight excluding hydrogens is 318 g/mol. The van der Waals surface area contributed by atoms with E-state index in [4.69, 9.17) is 11.6 Å². The van der Waals surface area contributed by atoms with Gasteiger partial charge in [0.1, 0.15) is 12.1 Å². The molecule has 1 aromatic rings. The van der Waals surface area contributed by atoms with E-state index in [-0.39, 0.29) is 18.4 Å². The van der Waals surface area contributed by atoms with Crippen molar-refractivity contribution in [3.05, 3.63) is 29.3 Å². The van der Waals surface area contributed by atoms with Crippen LogP contribution in [0.4, 0.5) is 10.5 Å². The molecule has 1 aliphatic heterocycles. The number of para-hydroxylation sites is 1. The minimum atomic E-state index is -0.962. The molecule has 0 saturated carbocycles. The normalized spacial score (nSPS) is 20.8. The summed E-state index contributed by atoms with van der Waals surface area (Å²) in [6.07, 6.45) is 0.514. The Morgan fingerprint density at radius 2 is 2.00 bits per heavy atom. The van der Waals surface area contributed by atoms with Crippen LogP contribution in [0.3, 0.4) is 0 Å². The summed E-state index contributed by atoms with van der Waals surface area (Å²) in [5, 5.41) is 5.67. The van der Waals surface area contributed by atoms with E-state index in [9.17, 15) is 14.4 Å². The number of anilines is 1. The van der Waals surface area contributed by atoms with Gasteiger partial charge in [-0.1, -0.05) is 37.6 Å². The van der Waals surface area contributed by atoms with E-state index >= 15 is 0 Å². The molecule has 23 heavy (non-hydrogen) atoms. The maximum Gasteiger partial charge on any atom is 0.325 e. The van der Waals surface area contributed by atoms with E-state index in [1.807, 2.05) is 13.8 Å². The minimum absolute atomic E-state index is 0.237. The van der Waals surface area contributed by atoms with Gasteiger partial charge in [0.2, 0.25) is 5.91 Å². The highest BCUT2D eigenvalue weighted by Crippen LogP contribution is 2.25. The number of hydrogen-bond acceptors (Lipinski definition) is 3. The van der Waals surface area contributed by atoms with Gasteiger partial charge in [0, 0.05) is 0 Å². The van der Waals surface area contributed by atoms with Crippen molar-refractivity contribution in [1.29, 1.82) is 0 Å². The molecule has 1 heterocycles. The molecule has 0 spiro atoms. The monoisotopic (exact) mass is 337 g/mol. The number of carbonyl (C=O) groups excluding carboxylic acids is 3. The number of urea groups is 1. The van der Waals surface area contributed by atoms with Crippen molar-refractivity contribution in [1.82, 2.24) is 10.2 Å². The van der Waals surface area contributed by atoms with Crippen LogP contribution in [0, 0.1) is 5.92 Å². The van der Waals surface area contributed by atoms with Gasteiger partial charge in [-0.15, -0.1) is 0 Å². The highest BCUT2D eigenvalue weighted by Gasteiger charge is 2.48. The second-order valence-electron chi connectivity index (χ2n) is 6.28. The fourth-order valence-electron chi connectivity index (χ4n) is 2.74. The van der Waals surface area contributed by atoms with E-state index in [0.717, 1.165) is 4.90 Å². The van der Waals surface area contributed by atoms with Crippen molar-refractivity contribution in [2.24, 2.45) is 5.92 Å². The lowest BCUT2D eigenvalue weighted by molar-refractivity contribution is -0.133. The van der Waals surface area contributed by atoms with E-state index in [1.54, 1.807) is 31.2 Å². The Morgan fingerprint density at radius 3 is 2.61 bits per heavy atom. The Balaban J connectivity index is 2.05. The molecular formula is C16H20ClN3O3. The number of carbonyl (C=O) groups is 3. The first-order valence-corrected chi connectivity index (χ1v) is 7.79. The van der Waals surface area contributed by atoms with Gasteiger partial charge in [0.05, 0.1) is 10.7 Å². The largest absolute Gasteiger partial charge is 0.325 e. The predicted molar refractivity (Wildman–Crippen MR) is 88.2 cm³/mol. The van der Waals surface area contributed by atoms with Crippen LogP contribution in [-0.4, -0.2) is 34.8 Å². The Hall–Kier alpha value is -2.08. The lowest BCUT2D eigenvalue weighted by Crippen LogP contribution is -2.45. The standard InChI is InChI=1S/C16H20ClN3O3/c1-10(2)8-16(3)14(22)20(15(23)19-16)9-13(21)18-12-7-5-4-6-11(12)17/h4-7,10H,8-9H2,1-3H3,(H,18,21)(H,19,23)/t16-/m1/s1. The van der Waals surface area contributed by atoms with E-state index in [0.29, 0.717) is 17.1 Å². The Morgan fingerprint density at radius 1 is 1.35 bits per heavy atom. The zero-order chi connectivity index (χ0) is 17.2. The maximum atomic E-state index is 12.5. The zero-order valence-corrected chi connectivity index (χ0v) is 14.1. The van der Waals surface area contributed by atoms with Gasteiger partial charge in [-0.25, -0.2) is 4.79 Å². The highest BCUT2D eigenvalue weighted by molar-refractivity contribution is 6.33. The fourth-order valence-corrected chi connectivity index (χ4v) is 2.92. The number of nitrogens with one attached hydrogen (secondary N) is 2. The molecule has 1 atom stereocenters. The third kappa shape index (κ3) is 3.82. The van der Waals surface area contributed by atoms with Gasteiger partial charge in [0.15, 0.2) is 0 Å². The summed E-state index contributed by atoms with van der Waals surface area (Å²) >= 11 is 5.97. The molecule has 0 radical (unpaired) electrons. The molecule has 0 bridgehead atoms. The van der Waals surface area contributed by atoms with Gasteiger partial charge in [-0.3, -0.25) is 14.5 Å². The van der Waals surface area contributed by atoms with Crippen molar-refractivity contribution in [3.8, 4) is 0 Å². The average molecular weight is 338 g/mol. The fraction of sp³-hybridized carbons (Fsp3) is 0.438. The lowest BCUT2D eigenvalue weighted by atomic mass is 9.91. The number of halogens is 1. The number of nitrogens with zero attached hydrogens (tertiary/aromatic N) is 1. The highest BCUT2D eigenvalue weighted by atomic mass is 35.5. The molecule has 2 N–H and O–H groups in total. The summed E-state index contributed by atoms with van der Waals surface area (Å²) in [6, 6.07) is 6.22. The van der Waals surface area contributed by atoms with Crippen LogP contribution >= 0.6 is 11.6 Å². The van der Waals surface area contributed by atoms with Crippen molar-refractivity contribution in [2.45, 2.75) is 32.7 Å². The van der Waals surface area contributed by atoms with Crippen LogP contribution in [0.2, 0.25) is 5.02 Å². The van der Waals surface area contributed by atoms with Crippen LogP contribution in [0.1, 0.15) is 27.2 Å². The molecule has 4 amide bonds. The van der Waals surface area contributed by atoms with Crippen LogP contribution in [-0.2, 0) is 9.59 Å². The van der Waals surface area contributed by atoms with Gasteiger partial charge in [-0.05, 0) is 31.4 Å². The van der Waals surface area contributed by atoms with Crippen molar-refractivity contribution >= 4 is 35.1 Å². The molecule has 0 aliphatic carbocycles. The van der Waals surface area contributed by atoms with Gasteiger partial charge < -0.3 is 10.6 Å². The molecule has 7 heteroatoms. The Bertz CT molecular complexity index is 647. The van der Waals surface area contributed by atoms with E-state index in [1.165, 1.54) is 0 Å². The first kappa shape index (κ1) is 17.3. The third-order valence-electron chi connectivity index (χ3n) is 3.61. The predicted octanol–water partition coefficient (Wildman–Crippen LogP) is 2.64. The number of amides is 4. The van der Waals surface area contributed by atoms with Crippen LogP contribution in [0.25, 0.3) is 0 Å². The number of benzene rings is 1. The Kier molecular flexibility index (Phi) is 4.94. The number of hydrogen-bond donors (Lipinski definition) is 2. The minimum Gasteiger partial charge on any atom is -0.323 e. The first-order chi connectivity index (χ1) is 10.7. The van der Waals surface area contributed by atoms with Crippen LogP contribution in [0.15, 0.2) is 24.3 Å². The van der Waals surface area contributed by atoms with Crippen molar-refractivity contribution in [3.63, 3.8) is 0 Å². The first-order valence-electron chi connectivity index (χ1n) is 7.41. The third-order valence-corrected chi connectivity index (χ3v) is 3.94. The second kappa shape index (κ2) is 6.58.